The molecule has 0 aromatic carbocycles. The Morgan fingerprint density at radius 2 is 2.29 bits per heavy atom. The Hall–Kier alpha value is -0.450. The number of nitrogens with zero attached hydrogens (tertiary/aromatic N) is 2. The van der Waals surface area contributed by atoms with Gasteiger partial charge in [-0.15, -0.1) is 11.3 Å². The van der Waals surface area contributed by atoms with Crippen LogP contribution >= 0.6 is 11.3 Å². The molecular weight excluding hydrogens is 194 g/mol. The number of likely N-dealkylation sites (tertiary alicyclic amines) is 1. The first-order chi connectivity index (χ1) is 6.75. The van der Waals surface area contributed by atoms with E-state index >= 15 is 0 Å². The first-order valence-corrected chi connectivity index (χ1v) is 6.06. The Kier molecular flexibility index (Phi) is 3.15. The summed E-state index contributed by atoms with van der Waals surface area (Å²) in [6.45, 7) is 5.45. The van der Waals surface area contributed by atoms with Gasteiger partial charge in [0.05, 0.1) is 12.2 Å². The molecule has 2 N–H and O–H groups in total. The van der Waals surface area contributed by atoms with E-state index in [-0.39, 0.29) is 6.04 Å². The Labute approximate surface area is 88.9 Å². The number of hydrogen-bond acceptors (Lipinski definition) is 4. The molecule has 78 valence electrons. The molecular formula is C10H17N3S. The summed E-state index contributed by atoms with van der Waals surface area (Å²) in [6.07, 6.45) is 2.68. The van der Waals surface area contributed by atoms with E-state index in [2.05, 4.69) is 15.3 Å². The topological polar surface area (TPSA) is 42.1 Å². The zero-order chi connectivity index (χ0) is 9.97. The lowest BCUT2D eigenvalue weighted by Gasteiger charge is -2.11. The van der Waals surface area contributed by atoms with E-state index in [1.165, 1.54) is 30.9 Å². The lowest BCUT2D eigenvalue weighted by Crippen LogP contribution is -2.18. The molecule has 0 amide bonds. The molecule has 4 heteroatoms. The highest BCUT2D eigenvalue weighted by molar-refractivity contribution is 7.09. The monoisotopic (exact) mass is 211 g/mol. The Balaban J connectivity index is 1.95. The average molecular weight is 211 g/mol. The molecule has 1 atom stereocenters. The molecule has 1 fully saturated rings. The highest BCUT2D eigenvalue weighted by Gasteiger charge is 2.14. The van der Waals surface area contributed by atoms with Crippen molar-refractivity contribution < 1.29 is 0 Å². The number of nitrogens with two attached hydrogens (primary N) is 1. The van der Waals surface area contributed by atoms with E-state index in [1.807, 2.05) is 6.92 Å². The molecule has 0 spiro atoms. The summed E-state index contributed by atoms with van der Waals surface area (Å²) in [6, 6.07) is 0.0681. The van der Waals surface area contributed by atoms with Crippen molar-refractivity contribution in [3.05, 3.63) is 16.1 Å². The van der Waals surface area contributed by atoms with Crippen LogP contribution in [0.15, 0.2) is 5.38 Å². The minimum atomic E-state index is 0.0681. The summed E-state index contributed by atoms with van der Waals surface area (Å²) in [5.74, 6) is 0. The molecule has 2 heterocycles. The van der Waals surface area contributed by atoms with Crippen LogP contribution in [0.4, 0.5) is 0 Å². The van der Waals surface area contributed by atoms with Crippen molar-refractivity contribution in [2.75, 3.05) is 13.1 Å². The van der Waals surface area contributed by atoms with Crippen molar-refractivity contribution in [3.63, 3.8) is 0 Å². The predicted octanol–water partition coefficient (Wildman–Crippen LogP) is 1.76. The molecule has 1 aromatic heterocycles. The van der Waals surface area contributed by atoms with E-state index in [0.29, 0.717) is 0 Å². The molecule has 0 bridgehead atoms. The molecule has 3 nitrogen and oxygen atoms in total. The van der Waals surface area contributed by atoms with Gasteiger partial charge in [0.15, 0.2) is 0 Å². The van der Waals surface area contributed by atoms with Crippen molar-refractivity contribution >= 4 is 11.3 Å². The maximum Gasteiger partial charge on any atom is 0.107 e. The fourth-order valence-corrected chi connectivity index (χ4v) is 2.68. The van der Waals surface area contributed by atoms with Crippen LogP contribution in [-0.2, 0) is 6.54 Å². The van der Waals surface area contributed by atoms with Crippen LogP contribution in [0.1, 0.15) is 36.5 Å². The number of thiazole rings is 1. The van der Waals surface area contributed by atoms with Gasteiger partial charge < -0.3 is 5.73 Å². The van der Waals surface area contributed by atoms with Crippen LogP contribution in [0.2, 0.25) is 0 Å². The molecule has 1 unspecified atom stereocenters. The van der Waals surface area contributed by atoms with E-state index < -0.39 is 0 Å². The second-order valence-corrected chi connectivity index (χ2v) is 4.88. The van der Waals surface area contributed by atoms with Crippen LogP contribution in [0, 0.1) is 0 Å². The van der Waals surface area contributed by atoms with Crippen LogP contribution in [0.3, 0.4) is 0 Å². The van der Waals surface area contributed by atoms with Gasteiger partial charge in [0.1, 0.15) is 5.01 Å². The van der Waals surface area contributed by atoms with Crippen LogP contribution in [0.5, 0.6) is 0 Å². The Morgan fingerprint density at radius 1 is 1.57 bits per heavy atom. The van der Waals surface area contributed by atoms with Crippen molar-refractivity contribution in [1.82, 2.24) is 9.88 Å². The van der Waals surface area contributed by atoms with Gasteiger partial charge >= 0.3 is 0 Å². The smallest absolute Gasteiger partial charge is 0.107 e. The summed E-state index contributed by atoms with van der Waals surface area (Å²) in [4.78, 5) is 6.99. The summed E-state index contributed by atoms with van der Waals surface area (Å²) < 4.78 is 0. The maximum absolute atomic E-state index is 5.77. The standard InChI is InChI=1S/C10H17N3S/c1-8(11)9-7-14-10(12-9)6-13-4-2-3-5-13/h7-8H,2-6,11H2,1H3. The molecule has 1 aromatic rings. The third-order valence-corrected chi connectivity index (χ3v) is 3.45. The van der Waals surface area contributed by atoms with Gasteiger partial charge in [-0.25, -0.2) is 4.98 Å². The summed E-state index contributed by atoms with van der Waals surface area (Å²) in [5.41, 5.74) is 6.80. The lowest BCUT2D eigenvalue weighted by molar-refractivity contribution is 0.330. The van der Waals surface area contributed by atoms with Crippen LogP contribution < -0.4 is 5.73 Å². The van der Waals surface area contributed by atoms with Gasteiger partial charge in [-0.3, -0.25) is 4.90 Å². The number of rotatable bonds is 3. The normalized spacial score (nSPS) is 20.1. The van der Waals surface area contributed by atoms with E-state index in [4.69, 9.17) is 5.73 Å². The molecule has 0 aliphatic carbocycles. The molecule has 1 aliphatic rings. The molecule has 1 saturated heterocycles. The van der Waals surface area contributed by atoms with Crippen molar-refractivity contribution in [2.45, 2.75) is 32.4 Å². The second-order valence-electron chi connectivity index (χ2n) is 3.94. The van der Waals surface area contributed by atoms with E-state index in [1.54, 1.807) is 11.3 Å². The van der Waals surface area contributed by atoms with Gasteiger partial charge in [0, 0.05) is 11.4 Å². The third-order valence-electron chi connectivity index (χ3n) is 2.59. The van der Waals surface area contributed by atoms with Crippen molar-refractivity contribution in [2.24, 2.45) is 5.73 Å². The first kappa shape index (κ1) is 10.1. The highest BCUT2D eigenvalue weighted by Crippen LogP contribution is 2.18. The molecule has 1 aliphatic heterocycles. The van der Waals surface area contributed by atoms with Gasteiger partial charge in [0.25, 0.3) is 0 Å². The van der Waals surface area contributed by atoms with Crippen molar-refractivity contribution in [1.29, 1.82) is 0 Å². The zero-order valence-corrected chi connectivity index (χ0v) is 9.39. The molecule has 0 saturated carbocycles. The number of aromatic nitrogens is 1. The average Bonchev–Trinajstić information content (AvgIpc) is 2.75. The van der Waals surface area contributed by atoms with Gasteiger partial charge in [0.2, 0.25) is 0 Å². The quantitative estimate of drug-likeness (QED) is 0.828. The zero-order valence-electron chi connectivity index (χ0n) is 8.57. The minimum absolute atomic E-state index is 0.0681. The fourth-order valence-electron chi connectivity index (χ4n) is 1.74. The van der Waals surface area contributed by atoms with Crippen LogP contribution in [0.25, 0.3) is 0 Å². The summed E-state index contributed by atoms with van der Waals surface area (Å²) in [5, 5.41) is 3.29. The summed E-state index contributed by atoms with van der Waals surface area (Å²) >= 11 is 1.73. The largest absolute Gasteiger partial charge is 0.323 e. The highest BCUT2D eigenvalue weighted by atomic mass is 32.1. The molecule has 0 radical (unpaired) electrons. The Bertz CT molecular complexity index is 289. The second kappa shape index (κ2) is 4.38. The van der Waals surface area contributed by atoms with Crippen LogP contribution in [-0.4, -0.2) is 23.0 Å². The van der Waals surface area contributed by atoms with Gasteiger partial charge in [-0.05, 0) is 32.9 Å². The van der Waals surface area contributed by atoms with E-state index in [0.717, 1.165) is 12.2 Å². The molecule has 14 heavy (non-hydrogen) atoms. The molecule has 2 rings (SSSR count). The minimum Gasteiger partial charge on any atom is -0.323 e. The van der Waals surface area contributed by atoms with Crippen molar-refractivity contribution in [3.8, 4) is 0 Å². The summed E-state index contributed by atoms with van der Waals surface area (Å²) in [7, 11) is 0. The Morgan fingerprint density at radius 3 is 2.86 bits per heavy atom. The SMILES string of the molecule is CC(N)c1csc(CN2CCCC2)n1. The fraction of sp³-hybridized carbons (Fsp3) is 0.700. The predicted molar refractivity (Wildman–Crippen MR) is 59.2 cm³/mol. The first-order valence-electron chi connectivity index (χ1n) is 5.18. The van der Waals surface area contributed by atoms with Gasteiger partial charge in [-0.2, -0.15) is 0 Å². The third kappa shape index (κ3) is 2.32. The van der Waals surface area contributed by atoms with Gasteiger partial charge in [-0.1, -0.05) is 0 Å². The lowest BCUT2D eigenvalue weighted by atomic mass is 10.3. The number of hydrogen-bond donors (Lipinski definition) is 1. The maximum atomic E-state index is 5.77. The van der Waals surface area contributed by atoms with E-state index in [9.17, 15) is 0 Å².